The molecule has 0 aromatic carbocycles. The third kappa shape index (κ3) is 16.8. The number of hydrogen-bond donors (Lipinski definition) is 3. The second kappa shape index (κ2) is 13.5. The molecule has 7 heteroatoms. The van der Waals surface area contributed by atoms with E-state index in [2.05, 4.69) is 16.0 Å². The van der Waals surface area contributed by atoms with Crippen LogP contribution in [0.5, 0.6) is 0 Å². The van der Waals surface area contributed by atoms with Crippen molar-refractivity contribution in [2.24, 2.45) is 0 Å². The lowest BCUT2D eigenvalue weighted by atomic mass is 10.1. The molecule has 0 aromatic rings. The number of nitrogens with one attached hydrogen (secondary N) is 3. The highest BCUT2D eigenvalue weighted by atomic mass is 16.6. The van der Waals surface area contributed by atoms with Crippen molar-refractivity contribution in [2.75, 3.05) is 20.1 Å². The summed E-state index contributed by atoms with van der Waals surface area (Å²) in [5, 5.41) is 8.18. The number of ether oxygens (including phenoxy) is 1. The minimum Gasteiger partial charge on any atom is -0.444 e. The standard InChI is InChI=1S/C18H35N3O4/c1-18(2,3)25-17(24)21-14-10-6-8-12-16(23)20-13-9-5-7-11-15(22)19-4/h5-14H2,1-4H3,(H,19,22)(H,20,23)(H,21,24). The third-order valence-electron chi connectivity index (χ3n) is 3.43. The van der Waals surface area contributed by atoms with Gasteiger partial charge >= 0.3 is 6.09 Å². The van der Waals surface area contributed by atoms with E-state index in [-0.39, 0.29) is 11.8 Å². The summed E-state index contributed by atoms with van der Waals surface area (Å²) in [5.41, 5.74) is -0.482. The zero-order valence-electron chi connectivity index (χ0n) is 16.2. The van der Waals surface area contributed by atoms with Gasteiger partial charge in [-0.2, -0.15) is 0 Å². The predicted octanol–water partition coefficient (Wildman–Crippen LogP) is 2.49. The number of hydrogen-bond acceptors (Lipinski definition) is 4. The molecule has 0 saturated carbocycles. The smallest absolute Gasteiger partial charge is 0.407 e. The van der Waals surface area contributed by atoms with E-state index in [0.717, 1.165) is 38.5 Å². The number of carbonyl (C=O) groups is 3. The van der Waals surface area contributed by atoms with Crippen molar-refractivity contribution in [1.82, 2.24) is 16.0 Å². The summed E-state index contributed by atoms with van der Waals surface area (Å²) in [6, 6.07) is 0. The van der Waals surface area contributed by atoms with Crippen LogP contribution in [-0.4, -0.2) is 43.6 Å². The van der Waals surface area contributed by atoms with Crippen molar-refractivity contribution in [3.05, 3.63) is 0 Å². The molecule has 0 fully saturated rings. The molecule has 0 heterocycles. The van der Waals surface area contributed by atoms with E-state index >= 15 is 0 Å². The Morgan fingerprint density at radius 2 is 1.28 bits per heavy atom. The molecule has 0 radical (unpaired) electrons. The minimum absolute atomic E-state index is 0.0604. The first-order valence-electron chi connectivity index (χ1n) is 9.18. The van der Waals surface area contributed by atoms with Crippen molar-refractivity contribution < 1.29 is 19.1 Å². The summed E-state index contributed by atoms with van der Waals surface area (Å²) in [4.78, 5) is 34.1. The lowest BCUT2D eigenvalue weighted by molar-refractivity contribution is -0.122. The van der Waals surface area contributed by atoms with E-state index in [4.69, 9.17) is 4.74 Å². The maximum absolute atomic E-state index is 11.7. The number of unbranched alkanes of at least 4 members (excludes halogenated alkanes) is 4. The Bertz CT molecular complexity index is 406. The number of carbonyl (C=O) groups excluding carboxylic acids is 3. The molecule has 0 aliphatic carbocycles. The maximum atomic E-state index is 11.7. The van der Waals surface area contributed by atoms with Gasteiger partial charge in [0.2, 0.25) is 11.8 Å². The molecule has 0 aliphatic heterocycles. The molecule has 0 atom stereocenters. The lowest BCUT2D eigenvalue weighted by Gasteiger charge is -2.19. The van der Waals surface area contributed by atoms with Gasteiger partial charge in [0.15, 0.2) is 0 Å². The molecule has 25 heavy (non-hydrogen) atoms. The van der Waals surface area contributed by atoms with E-state index in [9.17, 15) is 14.4 Å². The first-order valence-corrected chi connectivity index (χ1v) is 9.18. The molecular formula is C18H35N3O4. The van der Waals surface area contributed by atoms with Crippen LogP contribution in [0.3, 0.4) is 0 Å². The van der Waals surface area contributed by atoms with Crippen LogP contribution in [0.2, 0.25) is 0 Å². The van der Waals surface area contributed by atoms with Gasteiger partial charge in [-0.3, -0.25) is 9.59 Å². The second-order valence-electron chi connectivity index (χ2n) is 7.07. The van der Waals surface area contributed by atoms with Gasteiger partial charge in [-0.25, -0.2) is 4.79 Å². The second-order valence-corrected chi connectivity index (χ2v) is 7.07. The molecule has 0 aromatic heterocycles. The Morgan fingerprint density at radius 3 is 1.80 bits per heavy atom. The van der Waals surface area contributed by atoms with Gasteiger partial charge in [0.25, 0.3) is 0 Å². The van der Waals surface area contributed by atoms with Crippen molar-refractivity contribution >= 4 is 17.9 Å². The largest absolute Gasteiger partial charge is 0.444 e. The van der Waals surface area contributed by atoms with Crippen LogP contribution in [0.4, 0.5) is 4.79 Å². The van der Waals surface area contributed by atoms with Crippen LogP contribution in [0.1, 0.15) is 72.1 Å². The molecule has 7 nitrogen and oxygen atoms in total. The Morgan fingerprint density at radius 1 is 0.760 bits per heavy atom. The minimum atomic E-state index is -0.482. The zero-order chi connectivity index (χ0) is 19.1. The molecule has 0 bridgehead atoms. The molecule has 0 unspecified atom stereocenters. The highest BCUT2D eigenvalue weighted by Crippen LogP contribution is 2.06. The molecule has 0 saturated heterocycles. The zero-order valence-corrected chi connectivity index (χ0v) is 16.2. The Hall–Kier alpha value is -1.79. The van der Waals surface area contributed by atoms with E-state index < -0.39 is 11.7 Å². The number of alkyl carbamates (subject to hydrolysis) is 1. The molecule has 0 aliphatic rings. The summed E-state index contributed by atoms with van der Waals surface area (Å²) in [7, 11) is 1.64. The van der Waals surface area contributed by atoms with E-state index in [1.165, 1.54) is 0 Å². The van der Waals surface area contributed by atoms with Gasteiger partial charge in [0, 0.05) is 33.0 Å². The van der Waals surface area contributed by atoms with Crippen LogP contribution in [0.25, 0.3) is 0 Å². The molecule has 0 rings (SSSR count). The Labute approximate surface area is 151 Å². The SMILES string of the molecule is CNC(=O)CCCCCNC(=O)CCCCCNC(=O)OC(C)(C)C. The average Bonchev–Trinajstić information content (AvgIpc) is 2.51. The van der Waals surface area contributed by atoms with Crippen molar-refractivity contribution in [1.29, 1.82) is 0 Å². The van der Waals surface area contributed by atoms with Crippen LogP contribution in [0.15, 0.2) is 0 Å². The van der Waals surface area contributed by atoms with Gasteiger partial charge in [-0.15, -0.1) is 0 Å². The van der Waals surface area contributed by atoms with Crippen molar-refractivity contribution in [3.63, 3.8) is 0 Å². The molecule has 146 valence electrons. The van der Waals surface area contributed by atoms with Gasteiger partial charge < -0.3 is 20.7 Å². The lowest BCUT2D eigenvalue weighted by Crippen LogP contribution is -2.33. The fraction of sp³-hybridized carbons (Fsp3) is 0.833. The predicted molar refractivity (Wildman–Crippen MR) is 98.2 cm³/mol. The highest BCUT2D eigenvalue weighted by Gasteiger charge is 2.15. The first-order chi connectivity index (χ1) is 11.7. The third-order valence-corrected chi connectivity index (χ3v) is 3.43. The molecular weight excluding hydrogens is 322 g/mol. The van der Waals surface area contributed by atoms with E-state index in [1.54, 1.807) is 7.05 Å². The quantitative estimate of drug-likeness (QED) is 0.468. The van der Waals surface area contributed by atoms with E-state index in [0.29, 0.717) is 25.9 Å². The first kappa shape index (κ1) is 23.2. The fourth-order valence-electron chi connectivity index (χ4n) is 2.12. The summed E-state index contributed by atoms with van der Waals surface area (Å²) in [5.74, 6) is 0.122. The summed E-state index contributed by atoms with van der Waals surface area (Å²) in [6.45, 7) is 6.70. The summed E-state index contributed by atoms with van der Waals surface area (Å²) < 4.78 is 5.14. The van der Waals surface area contributed by atoms with Crippen LogP contribution < -0.4 is 16.0 Å². The van der Waals surface area contributed by atoms with E-state index in [1.807, 2.05) is 20.8 Å². The van der Waals surface area contributed by atoms with Gasteiger partial charge in [-0.1, -0.05) is 12.8 Å². The molecule has 3 N–H and O–H groups in total. The normalized spacial score (nSPS) is 10.9. The topological polar surface area (TPSA) is 96.5 Å². The van der Waals surface area contributed by atoms with Crippen molar-refractivity contribution in [2.45, 2.75) is 77.7 Å². The van der Waals surface area contributed by atoms with Crippen molar-refractivity contribution in [3.8, 4) is 0 Å². The Kier molecular flexibility index (Phi) is 12.5. The van der Waals surface area contributed by atoms with Gasteiger partial charge in [0.05, 0.1) is 0 Å². The molecule has 3 amide bonds. The maximum Gasteiger partial charge on any atom is 0.407 e. The number of rotatable bonds is 12. The fourth-order valence-corrected chi connectivity index (χ4v) is 2.12. The van der Waals surface area contributed by atoms with Crippen LogP contribution in [-0.2, 0) is 14.3 Å². The van der Waals surface area contributed by atoms with Crippen LogP contribution in [0, 0.1) is 0 Å². The number of amides is 3. The van der Waals surface area contributed by atoms with Crippen LogP contribution >= 0.6 is 0 Å². The molecule has 0 spiro atoms. The highest BCUT2D eigenvalue weighted by molar-refractivity contribution is 5.76. The Balaban J connectivity index is 3.41. The summed E-state index contributed by atoms with van der Waals surface area (Å²) in [6.07, 6.45) is 5.83. The van der Waals surface area contributed by atoms with Gasteiger partial charge in [-0.05, 0) is 46.5 Å². The van der Waals surface area contributed by atoms with Gasteiger partial charge in [0.1, 0.15) is 5.60 Å². The average molecular weight is 357 g/mol. The summed E-state index contributed by atoms with van der Waals surface area (Å²) >= 11 is 0. The monoisotopic (exact) mass is 357 g/mol.